The Morgan fingerprint density at radius 3 is 2.41 bits per heavy atom. The Morgan fingerprint density at radius 1 is 1.22 bits per heavy atom. The van der Waals surface area contributed by atoms with E-state index < -0.39 is 11.6 Å². The lowest BCUT2D eigenvalue weighted by atomic mass is 10.2. The van der Waals surface area contributed by atoms with E-state index in [0.717, 1.165) is 42.3 Å². The maximum atomic E-state index is 12.6. The van der Waals surface area contributed by atoms with Crippen LogP contribution in [0.1, 0.15) is 37.6 Å². The highest BCUT2D eigenvalue weighted by Crippen LogP contribution is 2.37. The number of nitrogens with zero attached hydrogens (tertiary/aromatic N) is 2. The summed E-state index contributed by atoms with van der Waals surface area (Å²) in [6.07, 6.45) is 1.25. The molecule has 0 saturated heterocycles. The van der Waals surface area contributed by atoms with Gasteiger partial charge in [0.15, 0.2) is 0 Å². The van der Waals surface area contributed by atoms with E-state index in [-0.39, 0.29) is 17.7 Å². The molecule has 3 rings (SSSR count). The SMILES string of the molecule is COCC(N)CNC(=O)c1cc(NCC2C[C@@H]2C)nc(N(C)SC(C)C)c1.COc1cc(F)cc(F)c1. The molecule has 1 aromatic carbocycles. The third-order valence-electron chi connectivity index (χ3n) is 5.56. The Bertz CT molecular complexity index is 994. The van der Waals surface area contributed by atoms with E-state index in [4.69, 9.17) is 10.5 Å². The van der Waals surface area contributed by atoms with E-state index in [1.807, 2.05) is 23.5 Å². The number of ether oxygens (including phenoxy) is 2. The normalized spacial score (nSPS) is 16.9. The predicted octanol–water partition coefficient (Wildman–Crippen LogP) is 4.32. The average Bonchev–Trinajstić information content (AvgIpc) is 3.55. The zero-order chi connectivity index (χ0) is 27.5. The summed E-state index contributed by atoms with van der Waals surface area (Å²) in [5.41, 5.74) is 6.47. The molecule has 1 aliphatic carbocycles. The predicted molar refractivity (Wildman–Crippen MR) is 146 cm³/mol. The second-order valence-corrected chi connectivity index (χ2v) is 11.0. The van der Waals surface area contributed by atoms with E-state index in [9.17, 15) is 13.6 Å². The van der Waals surface area contributed by atoms with Crippen molar-refractivity contribution in [1.82, 2.24) is 10.3 Å². The summed E-state index contributed by atoms with van der Waals surface area (Å²) in [6, 6.07) is 6.42. The van der Waals surface area contributed by atoms with Gasteiger partial charge in [0.2, 0.25) is 0 Å². The van der Waals surface area contributed by atoms with Crippen molar-refractivity contribution in [3.05, 3.63) is 47.5 Å². The fourth-order valence-corrected chi connectivity index (χ4v) is 4.27. The molecule has 37 heavy (non-hydrogen) atoms. The molecular weight excluding hydrogens is 500 g/mol. The average molecular weight is 540 g/mol. The molecule has 1 saturated carbocycles. The number of benzene rings is 1. The number of hydrogen-bond acceptors (Lipinski definition) is 8. The Kier molecular flexibility index (Phi) is 12.4. The van der Waals surface area contributed by atoms with E-state index in [0.29, 0.717) is 29.9 Å². The third kappa shape index (κ3) is 11.1. The summed E-state index contributed by atoms with van der Waals surface area (Å²) in [5.74, 6) is 1.73. The zero-order valence-corrected chi connectivity index (χ0v) is 23.2. The van der Waals surface area contributed by atoms with Gasteiger partial charge in [-0.25, -0.2) is 13.8 Å². The monoisotopic (exact) mass is 539 g/mol. The first-order chi connectivity index (χ1) is 17.5. The molecule has 1 aromatic heterocycles. The summed E-state index contributed by atoms with van der Waals surface area (Å²) in [5, 5.41) is 6.69. The van der Waals surface area contributed by atoms with Crippen LogP contribution in [0, 0.1) is 23.5 Å². The van der Waals surface area contributed by atoms with Gasteiger partial charge >= 0.3 is 0 Å². The number of amides is 1. The van der Waals surface area contributed by atoms with Crippen LogP contribution in [0.3, 0.4) is 0 Å². The van der Waals surface area contributed by atoms with Crippen molar-refractivity contribution < 1.29 is 23.0 Å². The molecule has 206 valence electrons. The van der Waals surface area contributed by atoms with E-state index in [1.165, 1.54) is 13.5 Å². The number of nitrogens with one attached hydrogen (secondary N) is 2. The Morgan fingerprint density at radius 2 is 1.86 bits per heavy atom. The molecule has 1 fully saturated rings. The van der Waals surface area contributed by atoms with E-state index in [2.05, 4.69) is 41.1 Å². The summed E-state index contributed by atoms with van der Waals surface area (Å²) in [6.45, 7) is 8.17. The van der Waals surface area contributed by atoms with Crippen LogP contribution in [0.5, 0.6) is 5.75 Å². The Hall–Kier alpha value is -2.63. The number of hydrogen-bond donors (Lipinski definition) is 3. The molecule has 3 atom stereocenters. The van der Waals surface area contributed by atoms with Gasteiger partial charge in [0.25, 0.3) is 5.91 Å². The number of rotatable bonds is 12. The highest BCUT2D eigenvalue weighted by molar-refractivity contribution is 8.01. The van der Waals surface area contributed by atoms with E-state index >= 15 is 0 Å². The van der Waals surface area contributed by atoms with Gasteiger partial charge in [-0.2, -0.15) is 0 Å². The lowest BCUT2D eigenvalue weighted by Crippen LogP contribution is -2.40. The van der Waals surface area contributed by atoms with Crippen molar-refractivity contribution in [3.8, 4) is 5.75 Å². The van der Waals surface area contributed by atoms with Crippen molar-refractivity contribution in [3.63, 3.8) is 0 Å². The van der Waals surface area contributed by atoms with Gasteiger partial charge in [0.1, 0.15) is 29.0 Å². The van der Waals surface area contributed by atoms with Crippen molar-refractivity contribution in [2.75, 3.05) is 50.6 Å². The number of nitrogens with two attached hydrogens (primary N) is 1. The van der Waals surface area contributed by atoms with Gasteiger partial charge in [-0.1, -0.05) is 20.8 Å². The minimum Gasteiger partial charge on any atom is -0.497 e. The second kappa shape index (κ2) is 14.9. The molecule has 0 aliphatic heterocycles. The number of carbonyl (C=O) groups excluding carboxylic acids is 1. The lowest BCUT2D eigenvalue weighted by Gasteiger charge is -2.21. The number of pyridine rings is 1. The largest absolute Gasteiger partial charge is 0.497 e. The first-order valence-corrected chi connectivity index (χ1v) is 13.0. The summed E-state index contributed by atoms with van der Waals surface area (Å²) in [7, 11) is 4.92. The van der Waals surface area contributed by atoms with Crippen LogP contribution < -0.4 is 25.4 Å². The maximum Gasteiger partial charge on any atom is 0.251 e. The first kappa shape index (κ1) is 30.6. The number of halogens is 2. The topological polar surface area (TPSA) is 102 Å². The number of carbonyl (C=O) groups is 1. The molecular formula is C26H39F2N5O3S. The molecule has 0 spiro atoms. The third-order valence-corrected chi connectivity index (χ3v) is 6.49. The standard InChI is InChI=1S/C19H33N5O2S.C7H6F2O/c1-12(2)27-24(4)18-8-14(19(25)22-10-16(20)11-26-5)7-17(23-18)21-9-15-6-13(15)3;1-10-7-3-5(8)2-6(9)4-7/h7-8,12-13,15-16H,6,9-11,20H2,1-5H3,(H,21,23)(H,22,25);2-4H,1H3/t13-,15?,16?;/m0./s1. The molecule has 11 heteroatoms. The van der Waals surface area contributed by atoms with Crippen molar-refractivity contribution in [1.29, 1.82) is 0 Å². The van der Waals surface area contributed by atoms with E-state index in [1.54, 1.807) is 19.1 Å². The highest BCUT2D eigenvalue weighted by Gasteiger charge is 2.32. The molecule has 4 N–H and O–H groups in total. The molecule has 1 aliphatic rings. The van der Waals surface area contributed by atoms with Crippen LogP contribution in [0.15, 0.2) is 30.3 Å². The summed E-state index contributed by atoms with van der Waals surface area (Å²) < 4.78 is 36.2. The molecule has 1 amide bonds. The quantitative estimate of drug-likeness (QED) is 0.343. The van der Waals surface area contributed by atoms with Crippen LogP contribution in [0.4, 0.5) is 20.4 Å². The van der Waals surface area contributed by atoms with Crippen molar-refractivity contribution in [2.24, 2.45) is 17.6 Å². The van der Waals surface area contributed by atoms with Gasteiger partial charge in [-0.15, -0.1) is 0 Å². The smallest absolute Gasteiger partial charge is 0.251 e. The molecule has 8 nitrogen and oxygen atoms in total. The number of methoxy groups -OCH3 is 2. The molecule has 2 aromatic rings. The highest BCUT2D eigenvalue weighted by atomic mass is 32.2. The van der Waals surface area contributed by atoms with Gasteiger partial charge in [-0.3, -0.25) is 4.79 Å². The van der Waals surface area contributed by atoms with Gasteiger partial charge in [0.05, 0.1) is 13.7 Å². The fraction of sp³-hybridized carbons (Fsp3) is 0.538. The van der Waals surface area contributed by atoms with Crippen LogP contribution in [-0.4, -0.2) is 63.1 Å². The van der Waals surface area contributed by atoms with Crippen molar-refractivity contribution >= 4 is 29.5 Å². The van der Waals surface area contributed by atoms with Gasteiger partial charge in [-0.05, 0) is 42.3 Å². The van der Waals surface area contributed by atoms with Gasteiger partial charge in [0, 0.05) is 62.3 Å². The molecule has 1 heterocycles. The molecule has 0 radical (unpaired) electrons. The summed E-state index contributed by atoms with van der Waals surface area (Å²) in [4.78, 5) is 17.3. The first-order valence-electron chi connectivity index (χ1n) is 12.2. The fourth-order valence-electron chi connectivity index (χ4n) is 3.43. The number of aromatic nitrogens is 1. The lowest BCUT2D eigenvalue weighted by molar-refractivity contribution is 0.0943. The molecule has 0 bridgehead atoms. The second-order valence-electron chi connectivity index (χ2n) is 9.34. The maximum absolute atomic E-state index is 12.6. The van der Waals surface area contributed by atoms with Crippen LogP contribution >= 0.6 is 11.9 Å². The molecule has 2 unspecified atom stereocenters. The summed E-state index contributed by atoms with van der Waals surface area (Å²) >= 11 is 1.67. The minimum atomic E-state index is -0.628. The van der Waals surface area contributed by atoms with Gasteiger partial charge < -0.3 is 30.1 Å². The van der Waals surface area contributed by atoms with Crippen LogP contribution in [0.2, 0.25) is 0 Å². The zero-order valence-electron chi connectivity index (χ0n) is 22.4. The number of anilines is 2. The van der Waals surface area contributed by atoms with Crippen LogP contribution in [-0.2, 0) is 4.74 Å². The Labute approximate surface area is 222 Å². The Balaban J connectivity index is 0.000000402. The van der Waals surface area contributed by atoms with Crippen LogP contribution in [0.25, 0.3) is 0 Å². The minimum absolute atomic E-state index is 0.156. The van der Waals surface area contributed by atoms with Crippen molar-refractivity contribution in [2.45, 2.75) is 38.5 Å².